The summed E-state index contributed by atoms with van der Waals surface area (Å²) in [5.41, 5.74) is 3.28. The summed E-state index contributed by atoms with van der Waals surface area (Å²) in [7, 11) is 0. The van der Waals surface area contributed by atoms with E-state index in [0.717, 1.165) is 16.8 Å². The summed E-state index contributed by atoms with van der Waals surface area (Å²) >= 11 is 0. The Hall–Kier alpha value is -2.95. The van der Waals surface area contributed by atoms with Crippen molar-refractivity contribution in [3.05, 3.63) is 60.4 Å². The summed E-state index contributed by atoms with van der Waals surface area (Å²) in [5.74, 6) is -0.306. The monoisotopic (exact) mass is 321 g/mol. The highest BCUT2D eigenvalue weighted by Gasteiger charge is 2.31. The van der Waals surface area contributed by atoms with E-state index in [9.17, 15) is 9.59 Å². The van der Waals surface area contributed by atoms with Crippen molar-refractivity contribution >= 4 is 28.8 Å². The molecule has 1 aromatic heterocycles. The molecule has 0 bridgehead atoms. The van der Waals surface area contributed by atoms with Crippen LogP contribution < -0.4 is 10.6 Å². The number of pyridine rings is 1. The van der Waals surface area contributed by atoms with Gasteiger partial charge in [0.05, 0.1) is 0 Å². The molecule has 0 aliphatic carbocycles. The zero-order chi connectivity index (χ0) is 17.3. The number of rotatable bonds is 3. The van der Waals surface area contributed by atoms with Gasteiger partial charge in [-0.2, -0.15) is 0 Å². The Morgan fingerprint density at radius 1 is 1.25 bits per heavy atom. The summed E-state index contributed by atoms with van der Waals surface area (Å²) in [4.78, 5) is 28.1. The minimum absolute atomic E-state index is 0.0165. The highest BCUT2D eigenvalue weighted by atomic mass is 16.2. The normalized spacial score (nSPS) is 15.2. The van der Waals surface area contributed by atoms with E-state index in [0.29, 0.717) is 17.7 Å². The lowest BCUT2D eigenvalue weighted by Gasteiger charge is -2.32. The summed E-state index contributed by atoms with van der Waals surface area (Å²) in [5, 5.41) is 5.69. The van der Waals surface area contributed by atoms with E-state index in [-0.39, 0.29) is 17.2 Å². The molecule has 2 N–H and O–H groups in total. The van der Waals surface area contributed by atoms with E-state index in [1.807, 2.05) is 26.0 Å². The minimum atomic E-state index is -0.289. The molecule has 0 saturated heterocycles. The van der Waals surface area contributed by atoms with Crippen LogP contribution in [0.15, 0.2) is 49.3 Å². The van der Waals surface area contributed by atoms with Crippen LogP contribution in [0.4, 0.5) is 11.4 Å². The maximum absolute atomic E-state index is 12.4. The quantitative estimate of drug-likeness (QED) is 0.852. The summed E-state index contributed by atoms with van der Waals surface area (Å²) < 4.78 is 0. The first-order valence-corrected chi connectivity index (χ1v) is 7.72. The summed E-state index contributed by atoms with van der Waals surface area (Å²) in [6, 6.07) is 9.04. The van der Waals surface area contributed by atoms with Gasteiger partial charge in [0.25, 0.3) is 5.91 Å². The van der Waals surface area contributed by atoms with Crippen LogP contribution in [0.1, 0.15) is 31.4 Å². The molecule has 1 aliphatic heterocycles. The van der Waals surface area contributed by atoms with Gasteiger partial charge in [-0.3, -0.25) is 14.6 Å². The average molecular weight is 321 g/mol. The Bertz CT molecular complexity index is 826. The molecule has 0 unspecified atom stereocenters. The van der Waals surface area contributed by atoms with Crippen molar-refractivity contribution in [1.82, 2.24) is 4.98 Å². The van der Waals surface area contributed by atoms with Gasteiger partial charge in [0.2, 0.25) is 5.91 Å². The number of nitrogens with one attached hydrogen (secondary N) is 2. The van der Waals surface area contributed by atoms with Crippen molar-refractivity contribution in [2.24, 2.45) is 0 Å². The highest BCUT2D eigenvalue weighted by Crippen LogP contribution is 2.38. The van der Waals surface area contributed by atoms with E-state index < -0.39 is 0 Å². The number of aromatic nitrogens is 1. The first kappa shape index (κ1) is 15.9. The molecule has 1 aliphatic rings. The molecule has 0 fully saturated rings. The predicted molar refractivity (Wildman–Crippen MR) is 94.6 cm³/mol. The second-order valence-corrected chi connectivity index (χ2v) is 6.54. The van der Waals surface area contributed by atoms with Crippen molar-refractivity contribution in [2.45, 2.75) is 25.7 Å². The topological polar surface area (TPSA) is 71.1 Å². The number of benzene rings is 1. The van der Waals surface area contributed by atoms with E-state index in [1.54, 1.807) is 30.6 Å². The first-order chi connectivity index (χ1) is 11.4. The van der Waals surface area contributed by atoms with Crippen LogP contribution in [0.25, 0.3) is 5.57 Å². The van der Waals surface area contributed by atoms with Crippen LogP contribution in [-0.2, 0) is 15.0 Å². The number of nitrogens with zero attached hydrogens (tertiary/aromatic N) is 1. The molecule has 0 spiro atoms. The second kappa shape index (κ2) is 5.92. The van der Waals surface area contributed by atoms with E-state index in [2.05, 4.69) is 22.2 Å². The van der Waals surface area contributed by atoms with Gasteiger partial charge < -0.3 is 10.6 Å². The molecule has 5 heteroatoms. The van der Waals surface area contributed by atoms with Crippen molar-refractivity contribution < 1.29 is 9.59 Å². The molecule has 0 radical (unpaired) electrons. The van der Waals surface area contributed by atoms with Crippen molar-refractivity contribution in [2.75, 3.05) is 10.6 Å². The van der Waals surface area contributed by atoms with Gasteiger partial charge in [0.1, 0.15) is 0 Å². The van der Waals surface area contributed by atoms with Crippen LogP contribution in [0.2, 0.25) is 0 Å². The van der Waals surface area contributed by atoms with Crippen LogP contribution >= 0.6 is 0 Å². The molecule has 122 valence electrons. The zero-order valence-corrected chi connectivity index (χ0v) is 13.7. The lowest BCUT2D eigenvalue weighted by Crippen LogP contribution is -2.32. The van der Waals surface area contributed by atoms with Gasteiger partial charge in [-0.05, 0) is 35.4 Å². The van der Waals surface area contributed by atoms with Crippen LogP contribution in [0, 0.1) is 0 Å². The molecule has 5 nitrogen and oxygen atoms in total. The fourth-order valence-corrected chi connectivity index (χ4v) is 2.90. The van der Waals surface area contributed by atoms with Gasteiger partial charge in [-0.25, -0.2) is 0 Å². The van der Waals surface area contributed by atoms with E-state index >= 15 is 0 Å². The molecule has 2 amide bonds. The number of carbonyl (C=O) groups is 2. The highest BCUT2D eigenvalue weighted by molar-refractivity contribution is 6.24. The number of amides is 2. The van der Waals surface area contributed by atoms with Crippen LogP contribution in [0.5, 0.6) is 0 Å². The number of anilines is 2. The van der Waals surface area contributed by atoms with E-state index in [4.69, 9.17) is 0 Å². The molecule has 2 heterocycles. The van der Waals surface area contributed by atoms with E-state index in [1.165, 1.54) is 0 Å². The Balaban J connectivity index is 1.82. The molecule has 0 saturated carbocycles. The number of carbonyl (C=O) groups excluding carboxylic acids is 2. The largest absolute Gasteiger partial charge is 0.326 e. The number of hydrogen-bond acceptors (Lipinski definition) is 3. The maximum atomic E-state index is 12.4. The standard InChI is InChI=1S/C19H19N3O2/c1-12(13-6-8-20-9-7-13)18(24)21-14-4-5-15-16(10-14)22-17(23)11-19(15,2)3/h4-10H,1,11H2,2-3H3,(H,21,24)(H,22,23). The van der Waals surface area contributed by atoms with Crippen molar-refractivity contribution in [3.63, 3.8) is 0 Å². The fraction of sp³-hybridized carbons (Fsp3) is 0.211. The number of hydrogen-bond donors (Lipinski definition) is 2. The molecular formula is C19H19N3O2. The van der Waals surface area contributed by atoms with Crippen molar-refractivity contribution in [1.29, 1.82) is 0 Å². The third-order valence-corrected chi connectivity index (χ3v) is 4.19. The van der Waals surface area contributed by atoms with Gasteiger partial charge in [-0.1, -0.05) is 26.5 Å². The SMILES string of the molecule is C=C(C(=O)Nc1ccc2c(c1)NC(=O)CC2(C)C)c1ccncc1. The maximum Gasteiger partial charge on any atom is 0.255 e. The molecule has 3 rings (SSSR count). The molecular weight excluding hydrogens is 302 g/mol. The first-order valence-electron chi connectivity index (χ1n) is 7.72. The third-order valence-electron chi connectivity index (χ3n) is 4.19. The van der Waals surface area contributed by atoms with Crippen LogP contribution in [-0.4, -0.2) is 16.8 Å². The third kappa shape index (κ3) is 3.06. The summed E-state index contributed by atoms with van der Waals surface area (Å²) in [6.45, 7) is 7.91. The van der Waals surface area contributed by atoms with Gasteiger partial charge >= 0.3 is 0 Å². The number of fused-ring (bicyclic) bond motifs is 1. The molecule has 24 heavy (non-hydrogen) atoms. The lowest BCUT2D eigenvalue weighted by molar-refractivity contribution is -0.117. The Kier molecular flexibility index (Phi) is 3.93. The smallest absolute Gasteiger partial charge is 0.255 e. The summed E-state index contributed by atoms with van der Waals surface area (Å²) in [6.07, 6.45) is 3.68. The van der Waals surface area contributed by atoms with Gasteiger partial charge in [0.15, 0.2) is 0 Å². The lowest BCUT2D eigenvalue weighted by atomic mass is 9.78. The van der Waals surface area contributed by atoms with Crippen molar-refractivity contribution in [3.8, 4) is 0 Å². The minimum Gasteiger partial charge on any atom is -0.326 e. The van der Waals surface area contributed by atoms with Gasteiger partial charge in [-0.15, -0.1) is 0 Å². The van der Waals surface area contributed by atoms with Crippen LogP contribution in [0.3, 0.4) is 0 Å². The molecule has 2 aromatic rings. The zero-order valence-electron chi connectivity index (χ0n) is 13.7. The Morgan fingerprint density at radius 2 is 1.96 bits per heavy atom. The Morgan fingerprint density at radius 3 is 2.67 bits per heavy atom. The Labute approximate surface area is 140 Å². The second-order valence-electron chi connectivity index (χ2n) is 6.54. The fourth-order valence-electron chi connectivity index (χ4n) is 2.90. The predicted octanol–water partition coefficient (Wildman–Crippen LogP) is 3.35. The van der Waals surface area contributed by atoms with Gasteiger partial charge in [0, 0.05) is 41.2 Å². The molecule has 0 atom stereocenters. The average Bonchev–Trinajstić information content (AvgIpc) is 2.53. The molecule has 1 aromatic carbocycles.